The average Bonchev–Trinajstić information content (AvgIpc) is 3.19. The number of carbonyl (C=O) groups is 2. The number of rotatable bonds is 10. The molecule has 2 aromatic carbocycles. The first-order chi connectivity index (χ1) is 19.5. The maximum atomic E-state index is 13.8. The second-order valence-corrected chi connectivity index (χ2v) is 11.7. The first-order valence-corrected chi connectivity index (χ1v) is 14.1. The monoisotopic (exact) mass is 578 g/mol. The summed E-state index contributed by atoms with van der Waals surface area (Å²) in [6.45, 7) is 10.6. The lowest BCUT2D eigenvalue weighted by Gasteiger charge is -2.66. The first kappa shape index (κ1) is 30.4. The Labute approximate surface area is 246 Å². The van der Waals surface area contributed by atoms with Crippen LogP contribution in [0.15, 0.2) is 42.5 Å². The topological polar surface area (TPSA) is 98.1 Å². The smallest absolute Gasteiger partial charge is 0.308 e. The van der Waals surface area contributed by atoms with Gasteiger partial charge in [0.15, 0.2) is 0 Å². The van der Waals surface area contributed by atoms with Gasteiger partial charge >= 0.3 is 5.97 Å². The lowest BCUT2D eigenvalue weighted by Crippen LogP contribution is -2.75. The molecule has 41 heavy (non-hydrogen) atoms. The molecule has 9 heteroatoms. The van der Waals surface area contributed by atoms with Crippen LogP contribution in [0.25, 0.3) is 0 Å². The van der Waals surface area contributed by atoms with Crippen molar-refractivity contribution in [3.05, 3.63) is 64.2 Å². The third-order valence-electron chi connectivity index (χ3n) is 7.80. The van der Waals surface area contributed by atoms with Gasteiger partial charge in [-0.2, -0.15) is 5.26 Å². The van der Waals surface area contributed by atoms with Crippen LogP contribution in [0.1, 0.15) is 75.0 Å². The summed E-state index contributed by atoms with van der Waals surface area (Å²) < 4.78 is 11.3. The molecule has 1 fully saturated rings. The quantitative estimate of drug-likeness (QED) is 0.114. The van der Waals surface area contributed by atoms with Gasteiger partial charge in [0.25, 0.3) is 5.91 Å². The van der Waals surface area contributed by atoms with Gasteiger partial charge in [-0.1, -0.05) is 69.3 Å². The molecule has 1 amide bonds. The first-order valence-electron chi connectivity index (χ1n) is 13.7. The van der Waals surface area contributed by atoms with E-state index in [0.717, 1.165) is 5.56 Å². The van der Waals surface area contributed by atoms with Gasteiger partial charge in [-0.3, -0.25) is 9.59 Å². The standard InChI is InChI=1S/C32H35ClN2O6/c1-6-38-27(36)16-18-40-39-17-10-9-13-26-23-11-7-8-12-24(23)28(37)35(26)29-31(2,3)30(32(29,4)5)41-22-15-14-21(20-34)25(33)19-22/h7-8,11-12,14-15,19,26,29-30H,6,13,16-18H2,1-5H3. The molecule has 8 nitrogen and oxygen atoms in total. The molecule has 1 heterocycles. The normalized spacial score (nSPS) is 21.6. The van der Waals surface area contributed by atoms with E-state index < -0.39 is 10.8 Å². The molecular formula is C32H35ClN2O6. The maximum absolute atomic E-state index is 13.8. The maximum Gasteiger partial charge on any atom is 0.308 e. The van der Waals surface area contributed by atoms with Gasteiger partial charge in [-0.05, 0) is 30.7 Å². The number of fused-ring (bicyclic) bond motifs is 1. The minimum absolute atomic E-state index is 0.0167. The van der Waals surface area contributed by atoms with Crippen molar-refractivity contribution >= 4 is 23.5 Å². The van der Waals surface area contributed by atoms with Gasteiger partial charge in [-0.15, -0.1) is 0 Å². The lowest BCUT2D eigenvalue weighted by atomic mass is 9.48. The zero-order chi connectivity index (χ0) is 29.8. The fourth-order valence-corrected chi connectivity index (χ4v) is 6.76. The molecule has 1 atom stereocenters. The van der Waals surface area contributed by atoms with Gasteiger partial charge in [0.05, 0.1) is 36.3 Å². The minimum Gasteiger partial charge on any atom is -0.489 e. The molecule has 2 aromatic rings. The number of ether oxygens (including phenoxy) is 2. The van der Waals surface area contributed by atoms with Crippen LogP contribution < -0.4 is 4.74 Å². The molecule has 216 valence electrons. The number of nitrogens with zero attached hydrogens (tertiary/aromatic N) is 2. The molecule has 0 radical (unpaired) electrons. The number of nitriles is 1. The Morgan fingerprint density at radius 2 is 1.80 bits per heavy atom. The molecule has 4 rings (SSSR count). The Bertz CT molecular complexity index is 1390. The second-order valence-electron chi connectivity index (χ2n) is 11.3. The van der Waals surface area contributed by atoms with E-state index in [1.807, 2.05) is 29.2 Å². The number of hydrogen-bond donors (Lipinski definition) is 0. The Morgan fingerprint density at radius 1 is 1.07 bits per heavy atom. The van der Waals surface area contributed by atoms with Crippen molar-refractivity contribution in [1.29, 1.82) is 5.26 Å². The fraction of sp³-hybridized carbons (Fsp3) is 0.469. The fourth-order valence-electron chi connectivity index (χ4n) is 6.55. The van der Waals surface area contributed by atoms with Crippen LogP contribution in [-0.2, 0) is 19.3 Å². The molecule has 0 saturated heterocycles. The van der Waals surface area contributed by atoms with Crippen LogP contribution >= 0.6 is 11.6 Å². The molecule has 0 aromatic heterocycles. The van der Waals surface area contributed by atoms with Crippen LogP contribution in [0.5, 0.6) is 5.75 Å². The lowest BCUT2D eigenvalue weighted by molar-refractivity contribution is -0.284. The molecule has 1 saturated carbocycles. The van der Waals surface area contributed by atoms with Crippen molar-refractivity contribution in [3.63, 3.8) is 0 Å². The summed E-state index contributed by atoms with van der Waals surface area (Å²) in [5.41, 5.74) is 1.23. The van der Waals surface area contributed by atoms with E-state index in [1.54, 1.807) is 25.1 Å². The highest BCUT2D eigenvalue weighted by Gasteiger charge is 2.68. The summed E-state index contributed by atoms with van der Waals surface area (Å²) in [4.78, 5) is 37.2. The van der Waals surface area contributed by atoms with Gasteiger partial charge < -0.3 is 14.4 Å². The van der Waals surface area contributed by atoms with Crippen molar-refractivity contribution in [2.24, 2.45) is 10.8 Å². The van der Waals surface area contributed by atoms with E-state index in [9.17, 15) is 14.9 Å². The summed E-state index contributed by atoms with van der Waals surface area (Å²) in [6.07, 6.45) is 0.314. The van der Waals surface area contributed by atoms with Crippen molar-refractivity contribution in [2.75, 3.05) is 19.8 Å². The number of amides is 1. The van der Waals surface area contributed by atoms with E-state index >= 15 is 0 Å². The molecule has 1 unspecified atom stereocenters. The second kappa shape index (κ2) is 12.5. The molecule has 1 aliphatic carbocycles. The molecule has 0 N–H and O–H groups in total. The molecule has 0 bridgehead atoms. The van der Waals surface area contributed by atoms with E-state index in [1.165, 1.54) is 0 Å². The number of benzene rings is 2. The molecule has 0 spiro atoms. The van der Waals surface area contributed by atoms with Gasteiger partial charge in [0.2, 0.25) is 0 Å². The summed E-state index contributed by atoms with van der Waals surface area (Å²) in [5.74, 6) is 6.33. The highest BCUT2D eigenvalue weighted by molar-refractivity contribution is 6.31. The zero-order valence-corrected chi connectivity index (χ0v) is 24.8. The van der Waals surface area contributed by atoms with Crippen LogP contribution in [0.3, 0.4) is 0 Å². The largest absolute Gasteiger partial charge is 0.489 e. The average molecular weight is 579 g/mol. The van der Waals surface area contributed by atoms with Crippen molar-refractivity contribution in [3.8, 4) is 23.7 Å². The van der Waals surface area contributed by atoms with Crippen molar-refractivity contribution in [2.45, 2.75) is 65.6 Å². The predicted molar refractivity (Wildman–Crippen MR) is 153 cm³/mol. The van der Waals surface area contributed by atoms with Crippen molar-refractivity contribution in [1.82, 2.24) is 4.90 Å². The van der Waals surface area contributed by atoms with Gasteiger partial charge in [0, 0.05) is 34.9 Å². The highest BCUT2D eigenvalue weighted by atomic mass is 35.5. The van der Waals surface area contributed by atoms with E-state index in [0.29, 0.717) is 34.9 Å². The van der Waals surface area contributed by atoms with Crippen LogP contribution in [0.2, 0.25) is 5.02 Å². The molecular weight excluding hydrogens is 544 g/mol. The molecule has 1 aliphatic heterocycles. The van der Waals surface area contributed by atoms with Gasteiger partial charge in [0.1, 0.15) is 24.5 Å². The molecule has 2 aliphatic rings. The van der Waals surface area contributed by atoms with E-state index in [-0.39, 0.29) is 49.7 Å². The highest BCUT2D eigenvalue weighted by Crippen LogP contribution is 2.60. The number of carbonyl (C=O) groups excluding carboxylic acids is 2. The Morgan fingerprint density at radius 3 is 2.49 bits per heavy atom. The minimum atomic E-state index is -0.400. The predicted octanol–water partition coefficient (Wildman–Crippen LogP) is 5.89. The third-order valence-corrected chi connectivity index (χ3v) is 8.12. The number of hydrogen-bond acceptors (Lipinski definition) is 7. The Balaban J connectivity index is 1.47. The summed E-state index contributed by atoms with van der Waals surface area (Å²) in [5, 5.41) is 9.55. The van der Waals surface area contributed by atoms with Crippen LogP contribution in [-0.4, -0.2) is 48.7 Å². The van der Waals surface area contributed by atoms with Crippen molar-refractivity contribution < 1.29 is 28.8 Å². The van der Waals surface area contributed by atoms with Crippen LogP contribution in [0.4, 0.5) is 0 Å². The Kier molecular flexibility index (Phi) is 9.29. The van der Waals surface area contributed by atoms with E-state index in [4.69, 9.17) is 30.8 Å². The van der Waals surface area contributed by atoms with Gasteiger partial charge in [-0.25, -0.2) is 9.78 Å². The third kappa shape index (κ3) is 6.06. The SMILES string of the molecule is CCOC(=O)CCOOCC#CCC1c2ccccc2C(=O)N1C1C(C)(C)C(Oc2ccc(C#N)c(Cl)c2)C1(C)C. The zero-order valence-electron chi connectivity index (χ0n) is 24.0. The van der Waals surface area contributed by atoms with E-state index in [2.05, 4.69) is 45.6 Å². The number of halogens is 1. The Hall–Kier alpha value is -3.56. The summed E-state index contributed by atoms with van der Waals surface area (Å²) >= 11 is 6.25. The number of esters is 1. The summed E-state index contributed by atoms with van der Waals surface area (Å²) in [6, 6.07) is 14.4. The summed E-state index contributed by atoms with van der Waals surface area (Å²) in [7, 11) is 0. The van der Waals surface area contributed by atoms with Crippen LogP contribution in [0, 0.1) is 34.0 Å².